The van der Waals surface area contributed by atoms with Crippen LogP contribution in [0.15, 0.2) is 83.9 Å². The molecule has 31 heavy (non-hydrogen) atoms. The Bertz CT molecular complexity index is 1380. The molecule has 0 unspecified atom stereocenters. The van der Waals surface area contributed by atoms with E-state index in [1.165, 1.54) is 0 Å². The number of hydrogen-bond donors (Lipinski definition) is 0. The van der Waals surface area contributed by atoms with Gasteiger partial charge in [-0.1, -0.05) is 58.4 Å². The Kier molecular flexibility index (Phi) is 4.68. The molecule has 0 saturated heterocycles. The summed E-state index contributed by atoms with van der Waals surface area (Å²) >= 11 is 0. The summed E-state index contributed by atoms with van der Waals surface area (Å²) in [6.07, 6.45) is 0. The molecule has 0 fully saturated rings. The molecule has 3 aromatic carbocycles. The molecular formula is C22H19N9. The van der Waals surface area contributed by atoms with Crippen LogP contribution < -0.4 is 15.5 Å². The van der Waals surface area contributed by atoms with E-state index in [1.54, 1.807) is 14.2 Å². The zero-order valence-electron chi connectivity index (χ0n) is 17.0. The van der Waals surface area contributed by atoms with E-state index in [0.29, 0.717) is 11.6 Å². The van der Waals surface area contributed by atoms with Crippen molar-refractivity contribution in [2.75, 3.05) is 0 Å². The van der Waals surface area contributed by atoms with E-state index >= 15 is 0 Å². The first-order chi connectivity index (χ1) is 15.2. The third kappa shape index (κ3) is 3.76. The molecule has 9 heteroatoms. The van der Waals surface area contributed by atoms with Crippen LogP contribution >= 0.6 is 0 Å². The van der Waals surface area contributed by atoms with Gasteiger partial charge in [0, 0.05) is 5.21 Å². The summed E-state index contributed by atoms with van der Waals surface area (Å²) in [6.45, 7) is 4.07. The molecule has 0 aliphatic heterocycles. The number of benzene rings is 3. The third-order valence-electron chi connectivity index (χ3n) is 4.75. The fourth-order valence-electron chi connectivity index (χ4n) is 3.06. The minimum absolute atomic E-state index is 0.310. The van der Waals surface area contributed by atoms with Gasteiger partial charge in [-0.2, -0.15) is 4.68 Å². The van der Waals surface area contributed by atoms with Crippen molar-refractivity contribution in [3.05, 3.63) is 95.6 Å². The van der Waals surface area contributed by atoms with Gasteiger partial charge in [0.15, 0.2) is 5.69 Å². The van der Waals surface area contributed by atoms with E-state index in [-0.39, 0.29) is 0 Å². The zero-order valence-corrected chi connectivity index (χ0v) is 17.0. The first-order valence-corrected chi connectivity index (χ1v) is 9.77. The lowest BCUT2D eigenvalue weighted by atomic mass is 10.2. The Morgan fingerprint density at radius 1 is 0.774 bits per heavy atom. The van der Waals surface area contributed by atoms with Gasteiger partial charge in [0.25, 0.3) is 5.62 Å². The molecule has 2 heterocycles. The van der Waals surface area contributed by atoms with E-state index in [4.69, 9.17) is 0 Å². The lowest BCUT2D eigenvalue weighted by Gasteiger charge is -2.02. The Labute approximate surface area is 177 Å². The molecule has 5 aromatic rings. The molecule has 0 aliphatic carbocycles. The second-order valence-electron chi connectivity index (χ2n) is 7.10. The average molecular weight is 409 g/mol. The highest BCUT2D eigenvalue weighted by Gasteiger charge is 2.13. The van der Waals surface area contributed by atoms with Gasteiger partial charge >= 0.3 is 0 Å². The Hall–Kier alpha value is -4.40. The van der Waals surface area contributed by atoms with Crippen molar-refractivity contribution in [1.82, 2.24) is 35.2 Å². The highest BCUT2D eigenvalue weighted by atomic mass is 15.6. The van der Waals surface area contributed by atoms with Crippen LogP contribution in [0.25, 0.3) is 17.1 Å². The molecule has 0 saturated carbocycles. The lowest BCUT2D eigenvalue weighted by molar-refractivity contribution is -0.723. The number of tetrazole rings is 2. The van der Waals surface area contributed by atoms with E-state index < -0.39 is 0 Å². The number of nitrogens with zero attached hydrogens (tertiary/aromatic N) is 9. The molecule has 0 N–H and O–H groups in total. The van der Waals surface area contributed by atoms with E-state index in [0.717, 1.165) is 28.2 Å². The summed E-state index contributed by atoms with van der Waals surface area (Å²) in [4.78, 5) is 6.18. The van der Waals surface area contributed by atoms with Crippen molar-refractivity contribution in [2.24, 2.45) is 4.99 Å². The Morgan fingerprint density at radius 2 is 1.39 bits per heavy atom. The smallest absolute Gasteiger partial charge is 0.250 e. The zero-order chi connectivity index (χ0) is 21.2. The third-order valence-corrected chi connectivity index (χ3v) is 4.75. The molecule has 5 rings (SSSR count). The molecular weight excluding hydrogens is 390 g/mol. The predicted octanol–water partition coefficient (Wildman–Crippen LogP) is 1.93. The van der Waals surface area contributed by atoms with Crippen LogP contribution in [-0.4, -0.2) is 30.1 Å². The number of aromatic nitrogens is 8. The van der Waals surface area contributed by atoms with Gasteiger partial charge in [0.05, 0.1) is 5.69 Å². The summed E-state index contributed by atoms with van der Waals surface area (Å²) in [5.41, 5.74) is 5.13. The number of aryl methyl sites for hydroxylation is 2. The van der Waals surface area contributed by atoms with Crippen LogP contribution in [0.5, 0.6) is 0 Å². The minimum Gasteiger partial charge on any atom is -0.250 e. The van der Waals surface area contributed by atoms with Gasteiger partial charge in [-0.15, -0.1) is 14.9 Å². The molecule has 0 aliphatic rings. The van der Waals surface area contributed by atoms with E-state index in [2.05, 4.69) is 30.8 Å². The number of para-hydroxylation sites is 1. The summed E-state index contributed by atoms with van der Waals surface area (Å²) < 4.78 is 3.24. The van der Waals surface area contributed by atoms with Crippen molar-refractivity contribution in [3.8, 4) is 17.1 Å². The van der Waals surface area contributed by atoms with Crippen molar-refractivity contribution in [2.45, 2.75) is 13.8 Å². The normalized spacial score (nSPS) is 11.7. The van der Waals surface area contributed by atoms with E-state index in [1.807, 2.05) is 92.7 Å². The van der Waals surface area contributed by atoms with Crippen LogP contribution in [0.1, 0.15) is 11.1 Å². The fourth-order valence-corrected chi connectivity index (χ4v) is 3.06. The minimum atomic E-state index is 0.310. The maximum absolute atomic E-state index is 4.64. The van der Waals surface area contributed by atoms with Crippen LogP contribution in [0, 0.1) is 13.8 Å². The SMILES string of the molecule is Cc1ccc(-n2nnnc2/N=c2\[n-][n+](-c3ccccc3)nn2-c2ccc(C)cc2)cc1. The predicted molar refractivity (Wildman–Crippen MR) is 112 cm³/mol. The number of rotatable bonds is 4. The fraction of sp³-hybridized carbons (Fsp3) is 0.0909. The largest absolute Gasteiger partial charge is 0.268 e. The quantitative estimate of drug-likeness (QED) is 0.423. The van der Waals surface area contributed by atoms with Crippen LogP contribution in [0.3, 0.4) is 0 Å². The Balaban J connectivity index is 1.67. The van der Waals surface area contributed by atoms with Gasteiger partial charge in [0.2, 0.25) is 5.95 Å². The molecule has 0 amide bonds. The van der Waals surface area contributed by atoms with Gasteiger partial charge in [-0.25, -0.2) is 0 Å². The van der Waals surface area contributed by atoms with Gasteiger partial charge in [-0.3, -0.25) is 4.99 Å². The van der Waals surface area contributed by atoms with Crippen molar-refractivity contribution >= 4 is 5.95 Å². The molecule has 9 nitrogen and oxygen atoms in total. The summed E-state index contributed by atoms with van der Waals surface area (Å²) in [5.74, 6) is 0.310. The molecule has 2 aromatic heterocycles. The Morgan fingerprint density at radius 3 is 2.03 bits per heavy atom. The highest BCUT2D eigenvalue weighted by molar-refractivity contribution is 5.38. The molecule has 152 valence electrons. The van der Waals surface area contributed by atoms with Crippen LogP contribution in [-0.2, 0) is 0 Å². The molecule has 0 bridgehead atoms. The standard InChI is InChI=1S/C22H19N9/c1-16-8-12-18(13-9-16)29-21(24-26-27-29)23-22-25-31(20-6-4-3-5-7-20)28-30(22)19-14-10-17(2)11-15-19/h3-15H,1-2H3/b23-22+. The van der Waals surface area contributed by atoms with Crippen molar-refractivity contribution in [1.29, 1.82) is 0 Å². The molecule has 0 spiro atoms. The van der Waals surface area contributed by atoms with Gasteiger partial charge in [0.1, 0.15) is 5.69 Å². The monoisotopic (exact) mass is 409 g/mol. The maximum atomic E-state index is 4.64. The van der Waals surface area contributed by atoms with Gasteiger partial charge < -0.3 is 0 Å². The summed E-state index contributed by atoms with van der Waals surface area (Å²) in [6, 6.07) is 25.5. The van der Waals surface area contributed by atoms with Crippen LogP contribution in [0.2, 0.25) is 0 Å². The van der Waals surface area contributed by atoms with Crippen LogP contribution in [0.4, 0.5) is 5.95 Å². The second-order valence-corrected chi connectivity index (χ2v) is 7.10. The van der Waals surface area contributed by atoms with E-state index in [9.17, 15) is 0 Å². The lowest BCUT2D eigenvalue weighted by Crippen LogP contribution is -2.40. The second kappa shape index (κ2) is 7.79. The summed E-state index contributed by atoms with van der Waals surface area (Å²) in [5, 5.41) is 21.2. The van der Waals surface area contributed by atoms with Crippen molar-refractivity contribution < 1.29 is 4.80 Å². The highest BCUT2D eigenvalue weighted by Crippen LogP contribution is 2.14. The molecule has 0 atom stereocenters. The average Bonchev–Trinajstić information content (AvgIpc) is 3.43. The van der Waals surface area contributed by atoms with Crippen molar-refractivity contribution in [3.63, 3.8) is 0 Å². The molecule has 0 radical (unpaired) electrons. The maximum Gasteiger partial charge on any atom is 0.268 e. The number of hydrogen-bond acceptors (Lipinski definition) is 5. The summed E-state index contributed by atoms with van der Waals surface area (Å²) in [7, 11) is 0. The topological polar surface area (TPSA) is 91.8 Å². The first kappa shape index (κ1) is 18.6. The van der Waals surface area contributed by atoms with Gasteiger partial charge in [-0.05, 0) is 60.7 Å². The first-order valence-electron chi connectivity index (χ1n) is 9.77.